The second kappa shape index (κ2) is 8.79. The molecule has 0 aliphatic heterocycles. The van der Waals surface area contributed by atoms with Crippen molar-refractivity contribution in [2.75, 3.05) is 6.61 Å². The molecule has 1 aliphatic carbocycles. The van der Waals surface area contributed by atoms with E-state index in [1.54, 1.807) is 26.0 Å². The number of rotatable bonds is 7. The van der Waals surface area contributed by atoms with E-state index in [0.29, 0.717) is 19.3 Å². The van der Waals surface area contributed by atoms with Crippen molar-refractivity contribution in [2.24, 2.45) is 5.92 Å². The Labute approximate surface area is 149 Å². The van der Waals surface area contributed by atoms with Crippen LogP contribution < -0.4 is 0 Å². The third-order valence-corrected chi connectivity index (χ3v) is 7.60. The molecular formula is C19H27FO4S. The molecule has 1 aromatic rings. The monoisotopic (exact) mass is 370 g/mol. The van der Waals surface area contributed by atoms with Crippen LogP contribution in [-0.4, -0.2) is 31.5 Å². The van der Waals surface area contributed by atoms with Crippen molar-refractivity contribution < 1.29 is 22.3 Å². The van der Waals surface area contributed by atoms with Crippen LogP contribution >= 0.6 is 0 Å². The molecule has 0 N–H and O–H groups in total. The summed E-state index contributed by atoms with van der Waals surface area (Å²) in [6, 6.07) is 5.95. The minimum atomic E-state index is -3.55. The molecule has 2 rings (SSSR count). The van der Waals surface area contributed by atoms with E-state index in [-0.39, 0.29) is 18.3 Å². The molecule has 1 unspecified atom stereocenters. The molecule has 1 aromatic carbocycles. The van der Waals surface area contributed by atoms with Gasteiger partial charge in [0, 0.05) is 6.42 Å². The molecule has 1 atom stereocenters. The van der Waals surface area contributed by atoms with Gasteiger partial charge in [-0.2, -0.15) is 0 Å². The molecule has 4 nitrogen and oxygen atoms in total. The summed E-state index contributed by atoms with van der Waals surface area (Å²) >= 11 is 0. The van der Waals surface area contributed by atoms with E-state index in [1.807, 2.05) is 0 Å². The topological polar surface area (TPSA) is 60.4 Å². The van der Waals surface area contributed by atoms with Gasteiger partial charge in [0.15, 0.2) is 15.1 Å². The van der Waals surface area contributed by atoms with E-state index in [4.69, 9.17) is 4.74 Å². The van der Waals surface area contributed by atoms with Gasteiger partial charge < -0.3 is 4.74 Å². The van der Waals surface area contributed by atoms with Gasteiger partial charge in [0.25, 0.3) is 0 Å². The Hall–Kier alpha value is -1.43. The van der Waals surface area contributed by atoms with Gasteiger partial charge in [-0.15, -0.1) is 0 Å². The van der Waals surface area contributed by atoms with Gasteiger partial charge in [0.05, 0.1) is 11.9 Å². The van der Waals surface area contributed by atoms with Crippen molar-refractivity contribution in [2.45, 2.75) is 62.9 Å². The molecule has 25 heavy (non-hydrogen) atoms. The van der Waals surface area contributed by atoms with Crippen LogP contribution in [0.2, 0.25) is 0 Å². The largest absolute Gasteiger partial charge is 0.464 e. The number of benzene rings is 1. The number of halogens is 1. The van der Waals surface area contributed by atoms with E-state index in [9.17, 15) is 17.6 Å². The van der Waals surface area contributed by atoms with Gasteiger partial charge >= 0.3 is 5.97 Å². The molecule has 0 saturated heterocycles. The van der Waals surface area contributed by atoms with Gasteiger partial charge in [0.1, 0.15) is 5.82 Å². The van der Waals surface area contributed by atoms with Gasteiger partial charge in [-0.3, -0.25) is 4.79 Å². The fraction of sp³-hybridized carbons (Fsp3) is 0.632. The molecule has 0 heterocycles. The van der Waals surface area contributed by atoms with Crippen LogP contribution in [0.25, 0.3) is 0 Å². The summed E-state index contributed by atoms with van der Waals surface area (Å²) in [4.78, 5) is 12.5. The highest BCUT2D eigenvalue weighted by atomic mass is 32.2. The van der Waals surface area contributed by atoms with Crippen LogP contribution in [0.15, 0.2) is 24.3 Å². The first-order chi connectivity index (χ1) is 11.8. The molecule has 1 fully saturated rings. The highest BCUT2D eigenvalue weighted by molar-refractivity contribution is 7.93. The number of esters is 1. The predicted octanol–water partition coefficient (Wildman–Crippen LogP) is 3.68. The van der Waals surface area contributed by atoms with Gasteiger partial charge in [0.2, 0.25) is 0 Å². The van der Waals surface area contributed by atoms with Gasteiger partial charge in [-0.05, 0) is 36.5 Å². The maximum atomic E-state index is 12.9. The zero-order chi connectivity index (χ0) is 18.4. The summed E-state index contributed by atoms with van der Waals surface area (Å²) in [5, 5.41) is -1.54. The molecule has 1 aliphatic rings. The van der Waals surface area contributed by atoms with Crippen LogP contribution in [0.1, 0.15) is 51.5 Å². The lowest BCUT2D eigenvalue weighted by Gasteiger charge is -2.28. The maximum absolute atomic E-state index is 12.9. The molecule has 0 radical (unpaired) electrons. The number of hydrogen-bond acceptors (Lipinski definition) is 4. The van der Waals surface area contributed by atoms with Crippen LogP contribution in [0.5, 0.6) is 0 Å². The molecule has 0 bridgehead atoms. The second-order valence-electron chi connectivity index (χ2n) is 7.06. The van der Waals surface area contributed by atoms with Crippen molar-refractivity contribution in [3.05, 3.63) is 35.6 Å². The van der Waals surface area contributed by atoms with Crippen molar-refractivity contribution >= 4 is 15.8 Å². The maximum Gasteiger partial charge on any atom is 0.324 e. The first kappa shape index (κ1) is 19.9. The summed E-state index contributed by atoms with van der Waals surface area (Å²) in [7, 11) is -3.55. The normalized spacial score (nSPS) is 17.4. The summed E-state index contributed by atoms with van der Waals surface area (Å²) in [5.74, 6) is -1.31. The Bertz CT molecular complexity index is 661. The van der Waals surface area contributed by atoms with Crippen molar-refractivity contribution in [3.63, 3.8) is 0 Å². The zero-order valence-corrected chi connectivity index (χ0v) is 15.7. The molecule has 0 amide bonds. The fourth-order valence-electron chi connectivity index (χ4n) is 3.39. The number of ether oxygens (including phenoxy) is 1. The summed E-state index contributed by atoms with van der Waals surface area (Å²) in [5.41, 5.74) is 0.838. The van der Waals surface area contributed by atoms with E-state index in [2.05, 4.69) is 0 Å². The van der Waals surface area contributed by atoms with Crippen molar-refractivity contribution in [3.8, 4) is 0 Å². The minimum Gasteiger partial charge on any atom is -0.464 e. The van der Waals surface area contributed by atoms with Crippen molar-refractivity contribution in [1.29, 1.82) is 0 Å². The number of hydrogen-bond donors (Lipinski definition) is 0. The average Bonchev–Trinajstić information content (AvgIpc) is 2.57. The molecule has 6 heteroatoms. The van der Waals surface area contributed by atoms with Crippen LogP contribution in [-0.2, 0) is 25.8 Å². The first-order valence-corrected chi connectivity index (χ1v) is 10.6. The predicted molar refractivity (Wildman–Crippen MR) is 95.5 cm³/mol. The van der Waals surface area contributed by atoms with Crippen molar-refractivity contribution in [1.82, 2.24) is 0 Å². The summed E-state index contributed by atoms with van der Waals surface area (Å²) < 4.78 is 43.9. The molecule has 0 aromatic heterocycles. The van der Waals surface area contributed by atoms with E-state index >= 15 is 0 Å². The Morgan fingerprint density at radius 2 is 1.76 bits per heavy atom. The zero-order valence-electron chi connectivity index (χ0n) is 14.9. The smallest absolute Gasteiger partial charge is 0.324 e. The summed E-state index contributed by atoms with van der Waals surface area (Å²) in [6.45, 7) is 3.58. The lowest BCUT2D eigenvalue weighted by Crippen LogP contribution is -2.43. The van der Waals surface area contributed by atoms with Crippen LogP contribution in [0.3, 0.4) is 0 Å². The van der Waals surface area contributed by atoms with Gasteiger partial charge in [-0.1, -0.05) is 45.2 Å². The van der Waals surface area contributed by atoms with Gasteiger partial charge in [-0.25, -0.2) is 12.8 Å². The minimum absolute atomic E-state index is 0.0911. The Morgan fingerprint density at radius 1 is 1.16 bits per heavy atom. The second-order valence-corrected chi connectivity index (χ2v) is 9.41. The number of carbonyl (C=O) groups excluding carboxylic acids is 1. The quantitative estimate of drug-likeness (QED) is 0.687. The number of sulfone groups is 1. The average molecular weight is 370 g/mol. The lowest BCUT2D eigenvalue weighted by atomic mass is 10.0. The summed E-state index contributed by atoms with van der Waals surface area (Å²) in [6.07, 6.45) is 4.55. The molecule has 140 valence electrons. The highest BCUT2D eigenvalue weighted by Gasteiger charge is 2.42. The lowest BCUT2D eigenvalue weighted by molar-refractivity contribution is -0.143. The molecule has 1 saturated carbocycles. The van der Waals surface area contributed by atoms with Crippen LogP contribution in [0.4, 0.5) is 4.39 Å². The van der Waals surface area contributed by atoms with E-state index in [1.165, 1.54) is 12.1 Å². The SMILES string of the molecule is CC(C)C(C(=O)OCCc1ccc(F)cc1)S(=O)(=O)C1CCCCC1. The highest BCUT2D eigenvalue weighted by Crippen LogP contribution is 2.29. The third-order valence-electron chi connectivity index (χ3n) is 4.76. The third kappa shape index (κ3) is 5.27. The van der Waals surface area contributed by atoms with E-state index in [0.717, 1.165) is 24.8 Å². The molecular weight excluding hydrogens is 343 g/mol. The van der Waals surface area contributed by atoms with E-state index < -0.39 is 26.3 Å². The standard InChI is InChI=1S/C19H27FO4S/c1-14(2)18(25(22,23)17-6-4-3-5-7-17)19(21)24-13-12-15-8-10-16(20)11-9-15/h8-11,14,17-18H,3-7,12-13H2,1-2H3. The fourth-order valence-corrected chi connectivity index (χ4v) is 5.89. The number of carbonyl (C=O) groups is 1. The Kier molecular flexibility index (Phi) is 6.99. The Morgan fingerprint density at radius 3 is 2.32 bits per heavy atom. The first-order valence-electron chi connectivity index (χ1n) is 8.96. The van der Waals surface area contributed by atoms with Crippen LogP contribution in [0, 0.1) is 11.7 Å². The molecule has 0 spiro atoms. The Balaban J connectivity index is 1.98.